The molecule has 1 aromatic heterocycles. The summed E-state index contributed by atoms with van der Waals surface area (Å²) in [5.74, 6) is 0. The summed E-state index contributed by atoms with van der Waals surface area (Å²) in [5, 5.41) is 5.55. The number of aryl methyl sites for hydroxylation is 2. The van der Waals surface area contributed by atoms with Gasteiger partial charge in [0.25, 0.3) is 0 Å². The van der Waals surface area contributed by atoms with E-state index >= 15 is 0 Å². The molecule has 0 aliphatic rings. The molecule has 0 amide bonds. The van der Waals surface area contributed by atoms with Crippen LogP contribution in [0.5, 0.6) is 0 Å². The predicted molar refractivity (Wildman–Crippen MR) is 58.4 cm³/mol. The number of fused-ring (bicyclic) bond motifs is 1. The largest absolute Gasteiger partial charge is 0.388 e. The van der Waals surface area contributed by atoms with Crippen LogP contribution >= 0.6 is 0 Å². The quantitative estimate of drug-likeness (QED) is 0.639. The van der Waals surface area contributed by atoms with E-state index in [0.717, 1.165) is 5.69 Å². The molecular formula is C11H16N2O. The van der Waals surface area contributed by atoms with Crippen molar-refractivity contribution in [2.45, 2.75) is 6.92 Å². The minimum atomic E-state index is 1.10. The van der Waals surface area contributed by atoms with Crippen molar-refractivity contribution >= 4 is 10.9 Å². The second kappa shape index (κ2) is 4.77. The average Bonchev–Trinajstić information content (AvgIpc) is 2.45. The maximum atomic E-state index is 4.31. The topological polar surface area (TPSA) is 27.1 Å². The zero-order valence-corrected chi connectivity index (χ0v) is 9.11. The smallest absolute Gasteiger partial charge is 0.0681 e. The third kappa shape index (κ3) is 2.12. The zero-order valence-electron chi connectivity index (χ0n) is 9.11. The highest BCUT2D eigenvalue weighted by Gasteiger charge is 2.00. The molecule has 3 heteroatoms. The van der Waals surface area contributed by atoms with Gasteiger partial charge in [-0.15, -0.1) is 0 Å². The maximum absolute atomic E-state index is 4.31. The molecule has 0 N–H and O–H groups in total. The summed E-state index contributed by atoms with van der Waals surface area (Å²) in [6.45, 7) is 2.03. The summed E-state index contributed by atoms with van der Waals surface area (Å²) < 4.78 is 6.16. The molecular weight excluding hydrogens is 176 g/mol. The van der Waals surface area contributed by atoms with Crippen molar-refractivity contribution in [2.75, 3.05) is 14.2 Å². The predicted octanol–water partition coefficient (Wildman–Crippen LogP) is 2.14. The van der Waals surface area contributed by atoms with E-state index in [0.29, 0.717) is 0 Å². The first-order valence-corrected chi connectivity index (χ1v) is 4.49. The van der Waals surface area contributed by atoms with Crippen LogP contribution in [0.3, 0.4) is 0 Å². The Morgan fingerprint density at radius 2 is 1.79 bits per heavy atom. The van der Waals surface area contributed by atoms with Gasteiger partial charge in [-0.2, -0.15) is 5.10 Å². The summed E-state index contributed by atoms with van der Waals surface area (Å²) in [6.07, 6.45) is 0. The van der Waals surface area contributed by atoms with Crippen LogP contribution in [0.4, 0.5) is 0 Å². The van der Waals surface area contributed by atoms with Crippen LogP contribution in [0.1, 0.15) is 5.69 Å². The number of para-hydroxylation sites is 1. The second-order valence-corrected chi connectivity index (χ2v) is 3.13. The molecule has 0 unspecified atom stereocenters. The van der Waals surface area contributed by atoms with Gasteiger partial charge in [-0.1, -0.05) is 18.2 Å². The minimum absolute atomic E-state index is 1.10. The summed E-state index contributed by atoms with van der Waals surface area (Å²) in [7, 11) is 5.22. The Labute approximate surface area is 84.3 Å². The lowest BCUT2D eigenvalue weighted by molar-refractivity contribution is 0.277. The van der Waals surface area contributed by atoms with Gasteiger partial charge in [-0.25, -0.2) is 0 Å². The van der Waals surface area contributed by atoms with E-state index in [-0.39, 0.29) is 0 Å². The summed E-state index contributed by atoms with van der Waals surface area (Å²) in [4.78, 5) is 0. The van der Waals surface area contributed by atoms with Crippen molar-refractivity contribution in [3.63, 3.8) is 0 Å². The van der Waals surface area contributed by atoms with Gasteiger partial charge >= 0.3 is 0 Å². The number of hydrogen-bond donors (Lipinski definition) is 0. The number of benzene rings is 1. The fourth-order valence-electron chi connectivity index (χ4n) is 1.39. The lowest BCUT2D eigenvalue weighted by atomic mass is 10.2. The third-order valence-electron chi connectivity index (χ3n) is 1.94. The van der Waals surface area contributed by atoms with Crippen molar-refractivity contribution in [1.82, 2.24) is 9.78 Å². The van der Waals surface area contributed by atoms with Crippen LogP contribution in [-0.4, -0.2) is 24.0 Å². The molecule has 0 fully saturated rings. The molecule has 3 nitrogen and oxygen atoms in total. The summed E-state index contributed by atoms with van der Waals surface area (Å²) in [6, 6.07) is 8.24. The Hall–Kier alpha value is -1.35. The second-order valence-electron chi connectivity index (χ2n) is 3.13. The van der Waals surface area contributed by atoms with Gasteiger partial charge in [0.2, 0.25) is 0 Å². The molecule has 2 rings (SSSR count). The lowest BCUT2D eigenvalue weighted by Crippen LogP contribution is -1.88. The Bertz CT molecular complexity index is 371. The SMILES string of the molecule is COC.Cc1nn(C)c2ccccc12. The molecule has 14 heavy (non-hydrogen) atoms. The van der Waals surface area contributed by atoms with Crippen LogP contribution < -0.4 is 0 Å². The number of ether oxygens (including phenoxy) is 1. The van der Waals surface area contributed by atoms with Gasteiger partial charge in [-0.05, 0) is 13.0 Å². The number of methoxy groups -OCH3 is 1. The van der Waals surface area contributed by atoms with Crippen LogP contribution in [0, 0.1) is 6.92 Å². The molecule has 0 saturated carbocycles. The van der Waals surface area contributed by atoms with Crippen LogP contribution in [-0.2, 0) is 11.8 Å². The van der Waals surface area contributed by atoms with Gasteiger partial charge < -0.3 is 4.74 Å². The Morgan fingerprint density at radius 3 is 2.36 bits per heavy atom. The number of hydrogen-bond acceptors (Lipinski definition) is 2. The molecule has 2 aromatic rings. The van der Waals surface area contributed by atoms with E-state index in [1.54, 1.807) is 14.2 Å². The molecule has 0 radical (unpaired) electrons. The monoisotopic (exact) mass is 192 g/mol. The van der Waals surface area contributed by atoms with Crippen molar-refractivity contribution in [1.29, 1.82) is 0 Å². The highest BCUT2D eigenvalue weighted by atomic mass is 16.4. The molecule has 0 bridgehead atoms. The van der Waals surface area contributed by atoms with Gasteiger partial charge in [0, 0.05) is 26.7 Å². The Kier molecular flexibility index (Phi) is 3.65. The molecule has 0 aliphatic carbocycles. The highest BCUT2D eigenvalue weighted by Crippen LogP contribution is 2.15. The Balaban J connectivity index is 0.000000293. The van der Waals surface area contributed by atoms with Gasteiger partial charge in [0.05, 0.1) is 11.2 Å². The molecule has 0 aliphatic heterocycles. The fraction of sp³-hybridized carbons (Fsp3) is 0.364. The summed E-state index contributed by atoms with van der Waals surface area (Å²) >= 11 is 0. The van der Waals surface area contributed by atoms with E-state index < -0.39 is 0 Å². The first-order valence-electron chi connectivity index (χ1n) is 4.49. The number of nitrogens with zero attached hydrogens (tertiary/aromatic N) is 2. The normalized spacial score (nSPS) is 9.71. The highest BCUT2D eigenvalue weighted by molar-refractivity contribution is 5.81. The number of aromatic nitrogens is 2. The molecule has 1 heterocycles. The Morgan fingerprint density at radius 1 is 1.21 bits per heavy atom. The average molecular weight is 192 g/mol. The summed E-state index contributed by atoms with van der Waals surface area (Å²) in [5.41, 5.74) is 2.30. The van der Waals surface area contributed by atoms with E-state index in [4.69, 9.17) is 0 Å². The van der Waals surface area contributed by atoms with Crippen LogP contribution in [0.25, 0.3) is 10.9 Å². The van der Waals surface area contributed by atoms with Gasteiger partial charge in [0.15, 0.2) is 0 Å². The van der Waals surface area contributed by atoms with Gasteiger partial charge in [0.1, 0.15) is 0 Å². The van der Waals surface area contributed by atoms with Crippen molar-refractivity contribution in [3.8, 4) is 0 Å². The maximum Gasteiger partial charge on any atom is 0.0681 e. The van der Waals surface area contributed by atoms with Crippen LogP contribution in [0.2, 0.25) is 0 Å². The van der Waals surface area contributed by atoms with Crippen LogP contribution in [0.15, 0.2) is 24.3 Å². The van der Waals surface area contributed by atoms with E-state index in [9.17, 15) is 0 Å². The zero-order chi connectivity index (χ0) is 10.6. The van der Waals surface area contributed by atoms with E-state index in [1.165, 1.54) is 10.9 Å². The third-order valence-corrected chi connectivity index (χ3v) is 1.94. The minimum Gasteiger partial charge on any atom is -0.388 e. The van der Waals surface area contributed by atoms with E-state index in [2.05, 4.69) is 22.0 Å². The first kappa shape index (κ1) is 10.7. The van der Waals surface area contributed by atoms with Gasteiger partial charge in [-0.3, -0.25) is 4.68 Å². The molecule has 0 spiro atoms. The standard InChI is InChI=1S/C9H10N2.C2H6O/c1-7-8-5-3-4-6-9(8)11(2)10-7;1-3-2/h3-6H,1-2H3;1-2H3. The number of rotatable bonds is 0. The lowest BCUT2D eigenvalue weighted by Gasteiger charge is -1.90. The fourth-order valence-corrected chi connectivity index (χ4v) is 1.39. The van der Waals surface area contributed by atoms with Crippen molar-refractivity contribution < 1.29 is 4.74 Å². The van der Waals surface area contributed by atoms with Crippen molar-refractivity contribution in [2.24, 2.45) is 7.05 Å². The molecule has 1 aromatic carbocycles. The molecule has 0 atom stereocenters. The van der Waals surface area contributed by atoms with E-state index in [1.807, 2.05) is 30.8 Å². The molecule has 76 valence electrons. The van der Waals surface area contributed by atoms with Crippen molar-refractivity contribution in [3.05, 3.63) is 30.0 Å². The first-order chi connectivity index (χ1) is 6.70. The molecule has 0 saturated heterocycles.